The Hall–Kier alpha value is -1.78. The van der Waals surface area contributed by atoms with Gasteiger partial charge in [0.25, 0.3) is 0 Å². The van der Waals surface area contributed by atoms with Gasteiger partial charge in [0.05, 0.1) is 0 Å². The molecule has 2 aromatic carbocycles. The highest BCUT2D eigenvalue weighted by Gasteiger charge is 2.27. The second-order valence-corrected chi connectivity index (χ2v) is 10.5. The Labute approximate surface area is 191 Å². The molecule has 0 spiro atoms. The summed E-state index contributed by atoms with van der Waals surface area (Å²) >= 11 is 1.82. The van der Waals surface area contributed by atoms with Crippen molar-refractivity contribution in [2.75, 3.05) is 13.6 Å². The number of hydrogen-bond donors (Lipinski definition) is 2. The Bertz CT molecular complexity index is 897. The monoisotopic (exact) mass is 436 g/mol. The molecule has 0 aromatic heterocycles. The van der Waals surface area contributed by atoms with Crippen LogP contribution in [0.4, 0.5) is 0 Å². The normalized spacial score (nSPS) is 22.9. The quantitative estimate of drug-likeness (QED) is 0.474. The molecule has 1 saturated carbocycles. The standard InChI is InChI=1S/C27H36N2OS/c1-29-17-16-20-7-4-6-19(12-13-20)8-5-10-22-23-9-2-3-11-25(23)31-26-15-14-21(27(28)30)18-24(22)26/h2-3,9,11,14-15,18-20,22,29H,4-8,10,12-13,16-17H2,1H3,(H2,28,30)/t19-,20-,22?/m1/s1. The molecule has 3 N–H and O–H groups in total. The topological polar surface area (TPSA) is 55.1 Å². The van der Waals surface area contributed by atoms with Crippen LogP contribution >= 0.6 is 11.8 Å². The van der Waals surface area contributed by atoms with E-state index >= 15 is 0 Å². The number of benzene rings is 2. The summed E-state index contributed by atoms with van der Waals surface area (Å²) in [6, 6.07) is 14.8. The molecule has 4 rings (SSSR count). The van der Waals surface area contributed by atoms with Gasteiger partial charge in [-0.05, 0) is 73.7 Å². The number of nitrogens with two attached hydrogens (primary N) is 1. The molecular formula is C27H36N2OS. The third kappa shape index (κ3) is 5.53. The third-order valence-electron chi connectivity index (χ3n) is 7.30. The van der Waals surface area contributed by atoms with E-state index in [0.29, 0.717) is 11.5 Å². The van der Waals surface area contributed by atoms with Crippen LogP contribution in [0.25, 0.3) is 0 Å². The van der Waals surface area contributed by atoms with Crippen molar-refractivity contribution in [1.29, 1.82) is 0 Å². The fourth-order valence-corrected chi connectivity index (χ4v) is 6.68. The van der Waals surface area contributed by atoms with Gasteiger partial charge in [-0.3, -0.25) is 4.79 Å². The number of fused-ring (bicyclic) bond motifs is 2. The second kappa shape index (κ2) is 10.7. The Morgan fingerprint density at radius 3 is 2.48 bits per heavy atom. The van der Waals surface area contributed by atoms with Crippen LogP contribution in [0.1, 0.15) is 85.2 Å². The van der Waals surface area contributed by atoms with Crippen LogP contribution in [-0.2, 0) is 0 Å². The zero-order valence-corrected chi connectivity index (χ0v) is 19.6. The van der Waals surface area contributed by atoms with Gasteiger partial charge in [-0.15, -0.1) is 0 Å². The lowest BCUT2D eigenvalue weighted by atomic mass is 9.84. The molecule has 0 saturated heterocycles. The van der Waals surface area contributed by atoms with Crippen LogP contribution in [0.3, 0.4) is 0 Å². The molecule has 1 aliphatic heterocycles. The molecule has 1 heterocycles. The summed E-state index contributed by atoms with van der Waals surface area (Å²) in [5, 5.41) is 3.31. The van der Waals surface area contributed by atoms with Gasteiger partial charge in [0.2, 0.25) is 5.91 Å². The molecule has 0 radical (unpaired) electrons. The molecule has 0 bridgehead atoms. The van der Waals surface area contributed by atoms with Crippen LogP contribution in [0.5, 0.6) is 0 Å². The van der Waals surface area contributed by atoms with Crippen LogP contribution < -0.4 is 11.1 Å². The van der Waals surface area contributed by atoms with Crippen LogP contribution in [0, 0.1) is 11.8 Å². The van der Waals surface area contributed by atoms with E-state index in [2.05, 4.69) is 42.7 Å². The molecule has 1 fully saturated rings. The number of nitrogens with one attached hydrogen (secondary N) is 1. The molecule has 166 valence electrons. The molecule has 2 aliphatic rings. The second-order valence-electron chi connectivity index (χ2n) is 9.37. The van der Waals surface area contributed by atoms with Gasteiger partial charge >= 0.3 is 0 Å². The van der Waals surface area contributed by atoms with E-state index in [1.54, 1.807) is 0 Å². The highest BCUT2D eigenvalue weighted by Crippen LogP contribution is 2.48. The lowest BCUT2D eigenvalue weighted by molar-refractivity contribution is 0.1000. The summed E-state index contributed by atoms with van der Waals surface area (Å²) in [4.78, 5) is 14.4. The molecule has 4 heteroatoms. The maximum absolute atomic E-state index is 11.8. The van der Waals surface area contributed by atoms with Crippen molar-refractivity contribution in [2.45, 2.75) is 73.5 Å². The third-order valence-corrected chi connectivity index (χ3v) is 8.48. The van der Waals surface area contributed by atoms with E-state index in [0.717, 1.165) is 24.8 Å². The fourth-order valence-electron chi connectivity index (χ4n) is 5.52. The molecule has 1 unspecified atom stereocenters. The summed E-state index contributed by atoms with van der Waals surface area (Å²) in [5.74, 6) is 1.82. The minimum Gasteiger partial charge on any atom is -0.366 e. The van der Waals surface area contributed by atoms with Crippen molar-refractivity contribution in [3.8, 4) is 0 Å². The number of carbonyl (C=O) groups is 1. The van der Waals surface area contributed by atoms with Gasteiger partial charge in [-0.25, -0.2) is 0 Å². The molecule has 3 nitrogen and oxygen atoms in total. The van der Waals surface area contributed by atoms with Crippen molar-refractivity contribution in [3.63, 3.8) is 0 Å². The molecule has 1 aliphatic carbocycles. The first-order valence-electron chi connectivity index (χ1n) is 12.0. The number of amides is 1. The molecule has 1 amide bonds. The van der Waals surface area contributed by atoms with E-state index in [4.69, 9.17) is 5.73 Å². The average Bonchev–Trinajstić information content (AvgIpc) is 3.02. The maximum atomic E-state index is 11.8. The first kappa shape index (κ1) is 22.4. The summed E-state index contributed by atoms with van der Waals surface area (Å²) < 4.78 is 0. The van der Waals surface area contributed by atoms with Crippen molar-refractivity contribution in [2.24, 2.45) is 17.6 Å². The maximum Gasteiger partial charge on any atom is 0.248 e. The zero-order valence-electron chi connectivity index (χ0n) is 18.7. The minimum atomic E-state index is -0.336. The van der Waals surface area contributed by atoms with E-state index in [1.165, 1.54) is 72.3 Å². The summed E-state index contributed by atoms with van der Waals surface area (Å²) in [5.41, 5.74) is 8.91. The Kier molecular flexibility index (Phi) is 7.73. The predicted molar refractivity (Wildman–Crippen MR) is 130 cm³/mol. The number of rotatable bonds is 8. The Balaban J connectivity index is 1.42. The highest BCUT2D eigenvalue weighted by molar-refractivity contribution is 7.99. The lowest BCUT2D eigenvalue weighted by Gasteiger charge is -2.29. The largest absolute Gasteiger partial charge is 0.366 e. The lowest BCUT2D eigenvalue weighted by Crippen LogP contribution is -2.14. The van der Waals surface area contributed by atoms with E-state index in [1.807, 2.05) is 23.9 Å². The van der Waals surface area contributed by atoms with Gasteiger partial charge in [0.15, 0.2) is 0 Å². The average molecular weight is 437 g/mol. The number of primary amides is 1. The van der Waals surface area contributed by atoms with Crippen LogP contribution in [-0.4, -0.2) is 19.5 Å². The summed E-state index contributed by atoms with van der Waals surface area (Å²) in [7, 11) is 2.06. The van der Waals surface area contributed by atoms with Crippen molar-refractivity contribution >= 4 is 17.7 Å². The molecule has 3 atom stereocenters. The minimum absolute atomic E-state index is 0.336. The number of hydrogen-bond acceptors (Lipinski definition) is 3. The fraction of sp³-hybridized carbons (Fsp3) is 0.519. The van der Waals surface area contributed by atoms with E-state index < -0.39 is 0 Å². The van der Waals surface area contributed by atoms with Crippen molar-refractivity contribution in [1.82, 2.24) is 5.32 Å². The Morgan fingerprint density at radius 2 is 1.71 bits per heavy atom. The Morgan fingerprint density at radius 1 is 0.968 bits per heavy atom. The molecular weight excluding hydrogens is 400 g/mol. The van der Waals surface area contributed by atoms with Crippen molar-refractivity contribution in [3.05, 3.63) is 59.2 Å². The van der Waals surface area contributed by atoms with E-state index in [9.17, 15) is 4.79 Å². The van der Waals surface area contributed by atoms with Gasteiger partial charge in [-0.2, -0.15) is 0 Å². The van der Waals surface area contributed by atoms with Crippen LogP contribution in [0.15, 0.2) is 52.3 Å². The van der Waals surface area contributed by atoms with Crippen LogP contribution in [0.2, 0.25) is 0 Å². The van der Waals surface area contributed by atoms with Gasteiger partial charge in [-0.1, -0.05) is 74.9 Å². The first-order valence-corrected chi connectivity index (χ1v) is 12.8. The number of carbonyl (C=O) groups excluding carboxylic acids is 1. The first-order chi connectivity index (χ1) is 15.2. The zero-order chi connectivity index (χ0) is 21.6. The predicted octanol–water partition coefficient (Wildman–Crippen LogP) is 6.36. The SMILES string of the molecule is CNCC[C@@H]1CCC[C@H](CCCC2c3ccccc3Sc3ccc(C(N)=O)cc32)CC1. The summed E-state index contributed by atoms with van der Waals surface area (Å²) in [6.07, 6.45) is 12.1. The van der Waals surface area contributed by atoms with Crippen molar-refractivity contribution < 1.29 is 4.79 Å². The molecule has 31 heavy (non-hydrogen) atoms. The van der Waals surface area contributed by atoms with E-state index in [-0.39, 0.29) is 5.91 Å². The highest BCUT2D eigenvalue weighted by atomic mass is 32.2. The molecule has 2 aromatic rings. The van der Waals surface area contributed by atoms with Gasteiger partial charge < -0.3 is 11.1 Å². The smallest absolute Gasteiger partial charge is 0.248 e. The van der Waals surface area contributed by atoms with Gasteiger partial charge in [0.1, 0.15) is 0 Å². The van der Waals surface area contributed by atoms with Gasteiger partial charge in [0, 0.05) is 21.3 Å². The summed E-state index contributed by atoms with van der Waals surface area (Å²) in [6.45, 7) is 1.15.